The lowest BCUT2D eigenvalue weighted by Gasteiger charge is -2.37. The maximum atomic E-state index is 4.47. The number of hydrogen-bond acceptors (Lipinski definition) is 7. The van der Waals surface area contributed by atoms with Gasteiger partial charge >= 0.3 is 0 Å². The molecule has 1 aliphatic heterocycles. The van der Waals surface area contributed by atoms with Crippen LogP contribution in [0.25, 0.3) is 0 Å². The Kier molecular flexibility index (Phi) is 4.63. The summed E-state index contributed by atoms with van der Waals surface area (Å²) in [4.78, 5) is 22.1. The van der Waals surface area contributed by atoms with Crippen LogP contribution in [0.2, 0.25) is 0 Å². The summed E-state index contributed by atoms with van der Waals surface area (Å²) in [6.07, 6.45) is 10.1. The molecule has 2 aromatic heterocycles. The van der Waals surface area contributed by atoms with Crippen LogP contribution in [0.5, 0.6) is 0 Å². The fourth-order valence-electron chi connectivity index (χ4n) is 3.30. The largest absolute Gasteiger partial charge is 0.370 e. The van der Waals surface area contributed by atoms with Crippen LogP contribution < -0.4 is 15.1 Å². The van der Waals surface area contributed by atoms with E-state index in [4.69, 9.17) is 0 Å². The molecule has 25 heavy (non-hydrogen) atoms. The number of rotatable bonds is 6. The van der Waals surface area contributed by atoms with Gasteiger partial charge in [0.1, 0.15) is 18.0 Å². The van der Waals surface area contributed by atoms with Crippen LogP contribution in [-0.2, 0) is 0 Å². The van der Waals surface area contributed by atoms with Crippen LogP contribution >= 0.6 is 0 Å². The first-order valence-corrected chi connectivity index (χ1v) is 9.10. The van der Waals surface area contributed by atoms with Crippen LogP contribution in [0, 0.1) is 5.92 Å². The minimum absolute atomic E-state index is 0.478. The van der Waals surface area contributed by atoms with E-state index < -0.39 is 0 Å². The molecule has 0 atom stereocenters. The molecule has 7 nitrogen and oxygen atoms in total. The van der Waals surface area contributed by atoms with E-state index in [0.29, 0.717) is 6.04 Å². The summed E-state index contributed by atoms with van der Waals surface area (Å²) in [5, 5.41) is 3.43. The van der Waals surface area contributed by atoms with E-state index in [9.17, 15) is 0 Å². The molecule has 2 aliphatic rings. The summed E-state index contributed by atoms with van der Waals surface area (Å²) < 4.78 is 0. The summed E-state index contributed by atoms with van der Waals surface area (Å²) in [7, 11) is 2.13. The number of piperidine rings is 1. The Bertz CT molecular complexity index is 681. The van der Waals surface area contributed by atoms with Crippen LogP contribution in [-0.4, -0.2) is 52.7 Å². The highest BCUT2D eigenvalue weighted by Crippen LogP contribution is 2.29. The Labute approximate surface area is 148 Å². The minimum atomic E-state index is 0.478. The molecule has 7 heteroatoms. The van der Waals surface area contributed by atoms with Crippen LogP contribution in [0.15, 0.2) is 30.9 Å². The third-order valence-corrected chi connectivity index (χ3v) is 5.13. The fourth-order valence-corrected chi connectivity index (χ4v) is 3.30. The van der Waals surface area contributed by atoms with E-state index in [2.05, 4.69) is 48.2 Å². The number of aromatic nitrogens is 4. The van der Waals surface area contributed by atoms with Crippen molar-refractivity contribution in [1.82, 2.24) is 19.9 Å². The summed E-state index contributed by atoms with van der Waals surface area (Å²) >= 11 is 0. The molecule has 1 saturated heterocycles. The van der Waals surface area contributed by atoms with Gasteiger partial charge in [0.15, 0.2) is 0 Å². The highest BCUT2D eigenvalue weighted by Gasteiger charge is 2.25. The molecule has 0 amide bonds. The topological polar surface area (TPSA) is 70.1 Å². The zero-order chi connectivity index (χ0) is 17.1. The maximum Gasteiger partial charge on any atom is 0.225 e. The van der Waals surface area contributed by atoms with Crippen molar-refractivity contribution in [3.8, 4) is 0 Å². The molecule has 1 saturated carbocycles. The number of nitrogens with zero attached hydrogens (tertiary/aromatic N) is 6. The molecular weight excluding hydrogens is 314 g/mol. The lowest BCUT2D eigenvalue weighted by atomic mass is 10.0. The van der Waals surface area contributed by atoms with Gasteiger partial charge in [-0.25, -0.2) is 19.9 Å². The van der Waals surface area contributed by atoms with Gasteiger partial charge in [0, 0.05) is 51.2 Å². The van der Waals surface area contributed by atoms with E-state index in [1.165, 1.54) is 12.8 Å². The van der Waals surface area contributed by atoms with Crippen LogP contribution in [0.4, 0.5) is 17.6 Å². The zero-order valence-corrected chi connectivity index (χ0v) is 14.7. The van der Waals surface area contributed by atoms with Crippen molar-refractivity contribution < 1.29 is 0 Å². The predicted molar refractivity (Wildman–Crippen MR) is 98.9 cm³/mol. The third kappa shape index (κ3) is 3.97. The normalized spacial score (nSPS) is 18.2. The highest BCUT2D eigenvalue weighted by atomic mass is 15.3. The summed E-state index contributed by atoms with van der Waals surface area (Å²) in [6, 6.07) is 4.40. The Morgan fingerprint density at radius 2 is 1.84 bits per heavy atom. The summed E-state index contributed by atoms with van der Waals surface area (Å²) in [6.45, 7) is 2.96. The van der Waals surface area contributed by atoms with Gasteiger partial charge in [0.25, 0.3) is 0 Å². The van der Waals surface area contributed by atoms with Crippen molar-refractivity contribution >= 4 is 17.6 Å². The smallest absolute Gasteiger partial charge is 0.225 e. The van der Waals surface area contributed by atoms with E-state index >= 15 is 0 Å². The number of anilines is 3. The first kappa shape index (κ1) is 16.1. The van der Waals surface area contributed by atoms with Gasteiger partial charge in [-0.3, -0.25) is 0 Å². The van der Waals surface area contributed by atoms with Crippen molar-refractivity contribution in [3.05, 3.63) is 30.9 Å². The second kappa shape index (κ2) is 7.21. The van der Waals surface area contributed by atoms with Crippen molar-refractivity contribution in [2.45, 2.75) is 31.7 Å². The first-order chi connectivity index (χ1) is 12.3. The second-order valence-electron chi connectivity index (χ2n) is 6.96. The van der Waals surface area contributed by atoms with Gasteiger partial charge < -0.3 is 15.1 Å². The summed E-state index contributed by atoms with van der Waals surface area (Å²) in [5.41, 5.74) is 0. The average molecular weight is 339 g/mol. The number of hydrogen-bond donors (Lipinski definition) is 1. The maximum absolute atomic E-state index is 4.47. The molecule has 4 rings (SSSR count). The lowest BCUT2D eigenvalue weighted by molar-refractivity contribution is 0.475. The molecule has 0 aromatic carbocycles. The highest BCUT2D eigenvalue weighted by molar-refractivity contribution is 5.49. The fraction of sp³-hybridized carbons (Fsp3) is 0.556. The SMILES string of the molecule is CN(c1cc(NCC2CC2)ncn1)C1CCN(c2ncccn2)CC1. The molecule has 0 unspecified atom stereocenters. The van der Waals surface area contributed by atoms with Gasteiger partial charge in [0.05, 0.1) is 0 Å². The third-order valence-electron chi connectivity index (χ3n) is 5.13. The molecule has 2 aromatic rings. The summed E-state index contributed by atoms with van der Waals surface area (Å²) in [5.74, 6) is 3.58. The zero-order valence-electron chi connectivity index (χ0n) is 14.7. The molecule has 0 radical (unpaired) electrons. The van der Waals surface area contributed by atoms with Crippen LogP contribution in [0.1, 0.15) is 25.7 Å². The van der Waals surface area contributed by atoms with E-state index in [-0.39, 0.29) is 0 Å². The first-order valence-electron chi connectivity index (χ1n) is 9.10. The number of nitrogens with one attached hydrogen (secondary N) is 1. The molecule has 3 heterocycles. The van der Waals surface area contributed by atoms with Gasteiger partial charge in [0.2, 0.25) is 5.95 Å². The quantitative estimate of drug-likeness (QED) is 0.865. The molecule has 1 N–H and O–H groups in total. The van der Waals surface area contributed by atoms with E-state index in [0.717, 1.165) is 56.0 Å². The van der Waals surface area contributed by atoms with E-state index in [1.54, 1.807) is 18.7 Å². The molecule has 0 spiro atoms. The lowest BCUT2D eigenvalue weighted by Crippen LogP contribution is -2.44. The van der Waals surface area contributed by atoms with E-state index in [1.807, 2.05) is 6.07 Å². The second-order valence-corrected chi connectivity index (χ2v) is 6.96. The Morgan fingerprint density at radius 1 is 1.08 bits per heavy atom. The van der Waals surface area contributed by atoms with Crippen molar-refractivity contribution in [2.24, 2.45) is 5.92 Å². The molecule has 2 fully saturated rings. The minimum Gasteiger partial charge on any atom is -0.370 e. The van der Waals surface area contributed by atoms with Crippen molar-refractivity contribution in [3.63, 3.8) is 0 Å². The Morgan fingerprint density at radius 3 is 2.56 bits per heavy atom. The monoisotopic (exact) mass is 339 g/mol. The standard InChI is InChI=1S/C18H25N7/c1-24(17-11-16(22-13-23-17)21-12-14-3-4-14)15-5-9-25(10-6-15)18-19-7-2-8-20-18/h2,7-8,11,13-15H,3-6,9-10,12H2,1H3,(H,21,22,23). The van der Waals surface area contributed by atoms with Crippen LogP contribution in [0.3, 0.4) is 0 Å². The van der Waals surface area contributed by atoms with Gasteiger partial charge in [-0.05, 0) is 37.7 Å². The van der Waals surface area contributed by atoms with Crippen molar-refractivity contribution in [2.75, 3.05) is 41.8 Å². The van der Waals surface area contributed by atoms with Crippen molar-refractivity contribution in [1.29, 1.82) is 0 Å². The van der Waals surface area contributed by atoms with Gasteiger partial charge in [-0.15, -0.1) is 0 Å². The van der Waals surface area contributed by atoms with Gasteiger partial charge in [-0.2, -0.15) is 0 Å². The predicted octanol–water partition coefficient (Wildman–Crippen LogP) is 2.19. The Hall–Kier alpha value is -2.44. The molecule has 0 bridgehead atoms. The Balaban J connectivity index is 1.35. The molecule has 1 aliphatic carbocycles. The molecule has 132 valence electrons. The average Bonchev–Trinajstić information content (AvgIpc) is 3.51. The molecular formula is C18H25N7. The van der Waals surface area contributed by atoms with Gasteiger partial charge in [-0.1, -0.05) is 0 Å².